The molecule has 1 fully saturated rings. The van der Waals surface area contributed by atoms with Gasteiger partial charge >= 0.3 is 0 Å². The minimum absolute atomic E-state index is 0.0237. The second kappa shape index (κ2) is 9.10. The van der Waals surface area contributed by atoms with Crippen molar-refractivity contribution in [3.05, 3.63) is 41.4 Å². The summed E-state index contributed by atoms with van der Waals surface area (Å²) in [7, 11) is 0. The first-order valence-electron chi connectivity index (χ1n) is 10.1. The fourth-order valence-corrected chi connectivity index (χ4v) is 3.91. The van der Waals surface area contributed by atoms with Crippen molar-refractivity contribution >= 4 is 17.5 Å². The Morgan fingerprint density at radius 2 is 2.18 bits per heavy atom. The molecule has 0 radical (unpaired) electrons. The van der Waals surface area contributed by atoms with Crippen LogP contribution in [-0.2, 0) is 11.2 Å². The third-order valence-corrected chi connectivity index (χ3v) is 5.82. The van der Waals surface area contributed by atoms with E-state index in [9.17, 15) is 4.79 Å². The molecule has 1 amide bonds. The number of nitrogens with zero attached hydrogens (tertiary/aromatic N) is 2. The van der Waals surface area contributed by atoms with Crippen LogP contribution in [0.25, 0.3) is 11.3 Å². The summed E-state index contributed by atoms with van der Waals surface area (Å²) in [5.74, 6) is 1.92. The molecular formula is C22H30ClN3O2. The predicted octanol–water partition coefficient (Wildman–Crippen LogP) is 4.55. The number of benzene rings is 1. The number of hydrogen-bond donors (Lipinski definition) is 1. The normalized spacial score (nSPS) is 18.2. The quantitative estimate of drug-likeness (QED) is 0.736. The third kappa shape index (κ3) is 5.36. The minimum Gasteiger partial charge on any atom is -0.441 e. The smallest absolute Gasteiger partial charge is 0.220 e. The van der Waals surface area contributed by atoms with Gasteiger partial charge in [0, 0.05) is 37.0 Å². The van der Waals surface area contributed by atoms with Gasteiger partial charge in [-0.25, -0.2) is 4.98 Å². The van der Waals surface area contributed by atoms with Gasteiger partial charge in [0.15, 0.2) is 11.7 Å². The monoisotopic (exact) mass is 403 g/mol. The number of hydrogen-bond acceptors (Lipinski definition) is 4. The molecular weight excluding hydrogens is 374 g/mol. The van der Waals surface area contributed by atoms with Gasteiger partial charge in [0.2, 0.25) is 5.91 Å². The van der Waals surface area contributed by atoms with Crippen LogP contribution in [-0.4, -0.2) is 41.0 Å². The van der Waals surface area contributed by atoms with Gasteiger partial charge < -0.3 is 9.73 Å². The maximum absolute atomic E-state index is 12.3. The zero-order valence-electron chi connectivity index (χ0n) is 17.0. The molecule has 1 aliphatic rings. The summed E-state index contributed by atoms with van der Waals surface area (Å²) in [4.78, 5) is 19.1. The Bertz CT molecular complexity index is 803. The van der Waals surface area contributed by atoms with Crippen LogP contribution in [0.4, 0.5) is 0 Å². The number of carbonyl (C=O) groups excluding carboxylic acids is 1. The highest BCUT2D eigenvalue weighted by molar-refractivity contribution is 6.33. The van der Waals surface area contributed by atoms with Crippen molar-refractivity contribution in [3.63, 3.8) is 0 Å². The standard InChI is InChI=1S/C22H30ClN3O2/c1-16-7-6-12-26(14-16)22(2,3)15-25-20(27)10-11-21-24-13-19(28-21)17-8-4-5-9-18(17)23/h4-5,8-9,13,16H,6-7,10-12,14-15H2,1-3H3,(H,25,27). The number of likely N-dealkylation sites (tertiary alicyclic amines) is 1. The SMILES string of the molecule is CC1CCCN(C(C)(C)CNC(=O)CCc2ncc(-c3ccccc3Cl)o2)C1. The highest BCUT2D eigenvalue weighted by atomic mass is 35.5. The highest BCUT2D eigenvalue weighted by Gasteiger charge is 2.30. The summed E-state index contributed by atoms with van der Waals surface area (Å²) in [6, 6.07) is 7.49. The largest absolute Gasteiger partial charge is 0.441 e. The van der Waals surface area contributed by atoms with Crippen molar-refractivity contribution in [2.45, 2.75) is 52.0 Å². The lowest BCUT2D eigenvalue weighted by atomic mass is 9.93. The molecule has 1 unspecified atom stereocenters. The van der Waals surface area contributed by atoms with E-state index in [0.29, 0.717) is 36.1 Å². The van der Waals surface area contributed by atoms with E-state index < -0.39 is 0 Å². The number of rotatable bonds is 7. The third-order valence-electron chi connectivity index (χ3n) is 5.49. The number of piperidine rings is 1. The molecule has 5 nitrogen and oxygen atoms in total. The van der Waals surface area contributed by atoms with Crippen molar-refractivity contribution < 1.29 is 9.21 Å². The highest BCUT2D eigenvalue weighted by Crippen LogP contribution is 2.28. The summed E-state index contributed by atoms with van der Waals surface area (Å²) in [5, 5.41) is 3.70. The Balaban J connectivity index is 1.48. The maximum Gasteiger partial charge on any atom is 0.220 e. The lowest BCUT2D eigenvalue weighted by Gasteiger charge is -2.43. The van der Waals surface area contributed by atoms with Gasteiger partial charge in [-0.15, -0.1) is 0 Å². The Morgan fingerprint density at radius 3 is 2.93 bits per heavy atom. The van der Waals surface area contributed by atoms with Crippen LogP contribution >= 0.6 is 11.6 Å². The second-order valence-electron chi connectivity index (χ2n) is 8.38. The molecule has 28 heavy (non-hydrogen) atoms. The molecule has 2 aromatic rings. The van der Waals surface area contributed by atoms with Crippen LogP contribution in [0.2, 0.25) is 5.02 Å². The molecule has 1 aromatic carbocycles. The van der Waals surface area contributed by atoms with E-state index in [-0.39, 0.29) is 11.4 Å². The predicted molar refractivity (Wildman–Crippen MR) is 112 cm³/mol. The molecule has 1 atom stereocenters. The number of aromatic nitrogens is 1. The van der Waals surface area contributed by atoms with Crippen molar-refractivity contribution in [1.82, 2.24) is 15.2 Å². The van der Waals surface area contributed by atoms with Crippen LogP contribution in [0.3, 0.4) is 0 Å². The van der Waals surface area contributed by atoms with Crippen molar-refractivity contribution in [2.75, 3.05) is 19.6 Å². The van der Waals surface area contributed by atoms with E-state index in [2.05, 4.69) is 36.0 Å². The molecule has 1 aliphatic heterocycles. The first-order chi connectivity index (χ1) is 13.3. The molecule has 6 heteroatoms. The number of nitrogens with one attached hydrogen (secondary N) is 1. The van der Waals surface area contributed by atoms with Gasteiger partial charge in [-0.3, -0.25) is 9.69 Å². The summed E-state index contributed by atoms with van der Waals surface area (Å²) in [6.45, 7) is 9.56. The van der Waals surface area contributed by atoms with Gasteiger partial charge in [0.1, 0.15) is 0 Å². The minimum atomic E-state index is -0.0372. The molecule has 1 aromatic heterocycles. The molecule has 1 saturated heterocycles. The van der Waals surface area contributed by atoms with Crippen LogP contribution < -0.4 is 5.32 Å². The Kier molecular flexibility index (Phi) is 6.78. The zero-order chi connectivity index (χ0) is 20.1. The number of amides is 1. The average Bonchev–Trinajstić information content (AvgIpc) is 3.14. The maximum atomic E-state index is 12.3. The topological polar surface area (TPSA) is 58.4 Å². The number of oxazole rings is 1. The number of halogens is 1. The van der Waals surface area contributed by atoms with Crippen LogP contribution in [0.1, 0.15) is 45.9 Å². The van der Waals surface area contributed by atoms with E-state index in [1.54, 1.807) is 6.20 Å². The molecule has 0 bridgehead atoms. The summed E-state index contributed by atoms with van der Waals surface area (Å²) in [6.07, 6.45) is 5.02. The molecule has 3 rings (SSSR count). The van der Waals surface area contributed by atoms with Gasteiger partial charge in [-0.1, -0.05) is 30.7 Å². The van der Waals surface area contributed by atoms with E-state index in [0.717, 1.165) is 24.6 Å². The Morgan fingerprint density at radius 1 is 1.39 bits per heavy atom. The summed E-state index contributed by atoms with van der Waals surface area (Å²) >= 11 is 6.20. The van der Waals surface area contributed by atoms with E-state index in [1.807, 2.05) is 24.3 Å². The molecule has 0 saturated carbocycles. The molecule has 0 spiro atoms. The Hall–Kier alpha value is -1.85. The molecule has 0 aliphatic carbocycles. The lowest BCUT2D eigenvalue weighted by molar-refractivity contribution is -0.121. The van der Waals surface area contributed by atoms with Crippen molar-refractivity contribution in [3.8, 4) is 11.3 Å². The first kappa shape index (κ1) is 20.9. The number of aryl methyl sites for hydroxylation is 1. The molecule has 1 N–H and O–H groups in total. The van der Waals surface area contributed by atoms with Crippen LogP contribution in [0, 0.1) is 5.92 Å². The molecule has 152 valence electrons. The molecule has 2 heterocycles. The number of carbonyl (C=O) groups is 1. The van der Waals surface area contributed by atoms with Gasteiger partial charge in [0.25, 0.3) is 0 Å². The first-order valence-corrected chi connectivity index (χ1v) is 10.4. The summed E-state index contributed by atoms with van der Waals surface area (Å²) < 4.78 is 5.77. The van der Waals surface area contributed by atoms with Crippen LogP contribution in [0.5, 0.6) is 0 Å². The van der Waals surface area contributed by atoms with E-state index in [4.69, 9.17) is 16.0 Å². The van der Waals surface area contributed by atoms with Gasteiger partial charge in [0.05, 0.1) is 11.2 Å². The van der Waals surface area contributed by atoms with E-state index >= 15 is 0 Å². The summed E-state index contributed by atoms with van der Waals surface area (Å²) in [5.41, 5.74) is 0.773. The van der Waals surface area contributed by atoms with E-state index in [1.165, 1.54) is 12.8 Å². The van der Waals surface area contributed by atoms with Gasteiger partial charge in [-0.05, 0) is 51.3 Å². The van der Waals surface area contributed by atoms with Crippen LogP contribution in [0.15, 0.2) is 34.9 Å². The lowest BCUT2D eigenvalue weighted by Crippen LogP contribution is -2.54. The average molecular weight is 404 g/mol. The van der Waals surface area contributed by atoms with Crippen molar-refractivity contribution in [2.24, 2.45) is 5.92 Å². The Labute approximate surface area is 172 Å². The fraction of sp³-hybridized carbons (Fsp3) is 0.545. The van der Waals surface area contributed by atoms with Gasteiger partial charge in [-0.2, -0.15) is 0 Å². The second-order valence-corrected chi connectivity index (χ2v) is 8.79. The van der Waals surface area contributed by atoms with Crippen molar-refractivity contribution in [1.29, 1.82) is 0 Å². The zero-order valence-corrected chi connectivity index (χ0v) is 17.8. The fourth-order valence-electron chi connectivity index (χ4n) is 3.69.